The van der Waals surface area contributed by atoms with Gasteiger partial charge in [0.25, 0.3) is 0 Å². The van der Waals surface area contributed by atoms with E-state index in [0.717, 1.165) is 11.3 Å². The molecular weight excluding hydrogens is 241 g/mol. The molecule has 0 saturated heterocycles. The third-order valence-corrected chi connectivity index (χ3v) is 3.27. The quantitative estimate of drug-likeness (QED) is 0.892. The molecule has 1 heterocycles. The van der Waals surface area contributed by atoms with Gasteiger partial charge in [-0.3, -0.25) is 4.90 Å². The fourth-order valence-electron chi connectivity index (χ4n) is 2.39. The van der Waals surface area contributed by atoms with Gasteiger partial charge in [0, 0.05) is 24.7 Å². The van der Waals surface area contributed by atoms with Gasteiger partial charge in [-0.25, -0.2) is 0 Å². The standard InChI is InChI=1S/C13H17F3N2/c1-2-18(9-13(14,15)16)8-10-7-17-12-6-4-3-5-11(10)12/h3-6,10,17H,2,7-9H2,1H3. The molecule has 0 aromatic heterocycles. The molecule has 1 unspecified atom stereocenters. The Morgan fingerprint density at radius 2 is 2.06 bits per heavy atom. The van der Waals surface area contributed by atoms with Crippen LogP contribution in [0.5, 0.6) is 0 Å². The Morgan fingerprint density at radius 3 is 2.72 bits per heavy atom. The van der Waals surface area contributed by atoms with Crippen molar-refractivity contribution in [2.24, 2.45) is 0 Å². The monoisotopic (exact) mass is 258 g/mol. The summed E-state index contributed by atoms with van der Waals surface area (Å²) in [5.41, 5.74) is 2.17. The summed E-state index contributed by atoms with van der Waals surface area (Å²) in [5.74, 6) is 0.142. The number of nitrogens with zero attached hydrogens (tertiary/aromatic N) is 1. The first-order valence-corrected chi connectivity index (χ1v) is 6.11. The summed E-state index contributed by atoms with van der Waals surface area (Å²) in [5, 5.41) is 3.23. The number of hydrogen-bond donors (Lipinski definition) is 1. The number of para-hydroxylation sites is 1. The van der Waals surface area contributed by atoms with Crippen LogP contribution in [-0.4, -0.2) is 37.3 Å². The van der Waals surface area contributed by atoms with Crippen LogP contribution in [0.2, 0.25) is 0 Å². The van der Waals surface area contributed by atoms with Crippen LogP contribution in [0.25, 0.3) is 0 Å². The second-order valence-electron chi connectivity index (χ2n) is 4.61. The van der Waals surface area contributed by atoms with Crippen LogP contribution >= 0.6 is 0 Å². The molecule has 0 amide bonds. The van der Waals surface area contributed by atoms with Crippen LogP contribution < -0.4 is 5.32 Å². The minimum Gasteiger partial charge on any atom is -0.384 e. The smallest absolute Gasteiger partial charge is 0.384 e. The average Bonchev–Trinajstić information content (AvgIpc) is 2.70. The highest BCUT2D eigenvalue weighted by atomic mass is 19.4. The molecule has 0 saturated carbocycles. The van der Waals surface area contributed by atoms with Gasteiger partial charge in [0.1, 0.15) is 0 Å². The van der Waals surface area contributed by atoms with Crippen molar-refractivity contribution in [1.29, 1.82) is 0 Å². The van der Waals surface area contributed by atoms with Crippen LogP contribution in [0.4, 0.5) is 18.9 Å². The highest BCUT2D eigenvalue weighted by molar-refractivity contribution is 5.57. The third kappa shape index (κ3) is 3.16. The Balaban J connectivity index is 2.02. The third-order valence-electron chi connectivity index (χ3n) is 3.27. The maximum atomic E-state index is 12.4. The van der Waals surface area contributed by atoms with E-state index >= 15 is 0 Å². The number of nitrogens with one attached hydrogen (secondary N) is 1. The van der Waals surface area contributed by atoms with Gasteiger partial charge in [0.15, 0.2) is 0 Å². The zero-order valence-electron chi connectivity index (χ0n) is 10.3. The minimum absolute atomic E-state index is 0.142. The first kappa shape index (κ1) is 13.2. The molecule has 2 nitrogen and oxygen atoms in total. The maximum absolute atomic E-state index is 12.4. The molecule has 0 radical (unpaired) electrons. The number of fused-ring (bicyclic) bond motifs is 1. The van der Waals surface area contributed by atoms with Gasteiger partial charge in [0.05, 0.1) is 6.54 Å². The van der Waals surface area contributed by atoms with Crippen molar-refractivity contribution in [3.05, 3.63) is 29.8 Å². The Hall–Kier alpha value is -1.23. The molecule has 1 aliphatic heterocycles. The first-order valence-electron chi connectivity index (χ1n) is 6.11. The van der Waals surface area contributed by atoms with Crippen molar-refractivity contribution in [3.8, 4) is 0 Å². The van der Waals surface area contributed by atoms with E-state index in [1.807, 2.05) is 24.3 Å². The summed E-state index contributed by atoms with van der Waals surface area (Å²) in [7, 11) is 0. The number of rotatable bonds is 4. The largest absolute Gasteiger partial charge is 0.401 e. The molecule has 1 N–H and O–H groups in total. The Kier molecular flexibility index (Phi) is 3.80. The van der Waals surface area contributed by atoms with E-state index < -0.39 is 12.7 Å². The maximum Gasteiger partial charge on any atom is 0.401 e. The zero-order valence-corrected chi connectivity index (χ0v) is 10.3. The van der Waals surface area contributed by atoms with Crippen molar-refractivity contribution in [3.63, 3.8) is 0 Å². The molecule has 0 aliphatic carbocycles. The summed E-state index contributed by atoms with van der Waals surface area (Å²) in [6, 6.07) is 7.82. The van der Waals surface area contributed by atoms with Gasteiger partial charge in [-0.2, -0.15) is 13.2 Å². The van der Waals surface area contributed by atoms with Crippen LogP contribution in [0.1, 0.15) is 18.4 Å². The number of likely N-dealkylation sites (N-methyl/N-ethyl adjacent to an activating group) is 1. The average molecular weight is 258 g/mol. The molecule has 1 aliphatic rings. The normalized spacial score (nSPS) is 18.8. The molecule has 1 atom stereocenters. The van der Waals surface area contributed by atoms with E-state index in [0.29, 0.717) is 19.6 Å². The Labute approximate surface area is 105 Å². The number of hydrogen-bond acceptors (Lipinski definition) is 2. The fraction of sp³-hybridized carbons (Fsp3) is 0.538. The van der Waals surface area contributed by atoms with Crippen LogP contribution in [0.15, 0.2) is 24.3 Å². The summed E-state index contributed by atoms with van der Waals surface area (Å²) in [6.07, 6.45) is -4.12. The number of anilines is 1. The van der Waals surface area contributed by atoms with E-state index in [9.17, 15) is 13.2 Å². The Morgan fingerprint density at radius 1 is 1.33 bits per heavy atom. The van der Waals surface area contributed by atoms with E-state index in [-0.39, 0.29) is 5.92 Å². The van der Waals surface area contributed by atoms with E-state index in [4.69, 9.17) is 0 Å². The molecule has 0 fully saturated rings. The predicted molar refractivity (Wildman–Crippen MR) is 65.8 cm³/mol. The van der Waals surface area contributed by atoms with Gasteiger partial charge in [0.2, 0.25) is 0 Å². The van der Waals surface area contributed by atoms with E-state index in [2.05, 4.69) is 5.32 Å². The number of benzene rings is 1. The topological polar surface area (TPSA) is 15.3 Å². The highest BCUT2D eigenvalue weighted by Crippen LogP contribution is 2.32. The lowest BCUT2D eigenvalue weighted by atomic mass is 10.0. The van der Waals surface area contributed by atoms with E-state index in [1.165, 1.54) is 4.90 Å². The zero-order chi connectivity index (χ0) is 13.2. The van der Waals surface area contributed by atoms with Gasteiger partial charge in [-0.1, -0.05) is 25.1 Å². The van der Waals surface area contributed by atoms with Crippen molar-refractivity contribution < 1.29 is 13.2 Å². The lowest BCUT2D eigenvalue weighted by Gasteiger charge is -2.25. The molecular formula is C13H17F3N2. The summed E-state index contributed by atoms with van der Waals surface area (Å²) < 4.78 is 37.2. The molecule has 1 aromatic carbocycles. The lowest BCUT2D eigenvalue weighted by molar-refractivity contribution is -0.145. The minimum atomic E-state index is -4.12. The lowest BCUT2D eigenvalue weighted by Crippen LogP contribution is -2.37. The number of alkyl halides is 3. The van der Waals surface area contributed by atoms with Gasteiger partial charge >= 0.3 is 6.18 Å². The summed E-state index contributed by atoms with van der Waals surface area (Å²) >= 11 is 0. The van der Waals surface area contributed by atoms with Crippen LogP contribution in [-0.2, 0) is 0 Å². The van der Waals surface area contributed by atoms with Gasteiger partial charge in [-0.05, 0) is 18.2 Å². The van der Waals surface area contributed by atoms with Gasteiger partial charge < -0.3 is 5.32 Å². The van der Waals surface area contributed by atoms with Crippen molar-refractivity contribution >= 4 is 5.69 Å². The van der Waals surface area contributed by atoms with Gasteiger partial charge in [-0.15, -0.1) is 0 Å². The van der Waals surface area contributed by atoms with Crippen molar-refractivity contribution in [2.45, 2.75) is 19.0 Å². The number of halogens is 3. The SMILES string of the molecule is CCN(CC1CNc2ccccc21)CC(F)(F)F. The Bertz CT molecular complexity index is 403. The van der Waals surface area contributed by atoms with E-state index in [1.54, 1.807) is 6.92 Å². The van der Waals surface area contributed by atoms with Crippen LogP contribution in [0, 0.1) is 0 Å². The molecule has 0 spiro atoms. The summed E-state index contributed by atoms with van der Waals surface area (Å²) in [6.45, 7) is 2.51. The second kappa shape index (κ2) is 5.18. The molecule has 2 rings (SSSR count). The predicted octanol–water partition coefficient (Wildman–Crippen LogP) is 3.08. The van der Waals surface area contributed by atoms with Crippen molar-refractivity contribution in [2.75, 3.05) is 31.5 Å². The highest BCUT2D eigenvalue weighted by Gasteiger charge is 2.32. The summed E-state index contributed by atoms with van der Waals surface area (Å²) in [4.78, 5) is 1.45. The second-order valence-corrected chi connectivity index (χ2v) is 4.61. The first-order chi connectivity index (χ1) is 8.49. The van der Waals surface area contributed by atoms with Crippen LogP contribution in [0.3, 0.4) is 0 Å². The van der Waals surface area contributed by atoms with Crippen molar-refractivity contribution in [1.82, 2.24) is 4.90 Å². The fourth-order valence-corrected chi connectivity index (χ4v) is 2.39. The molecule has 18 heavy (non-hydrogen) atoms. The molecule has 100 valence electrons. The molecule has 0 bridgehead atoms. The molecule has 5 heteroatoms. The molecule has 1 aromatic rings.